The molecule has 2 aromatic carbocycles. The van der Waals surface area contributed by atoms with E-state index in [-0.39, 0.29) is 23.1 Å². The highest BCUT2D eigenvalue weighted by atomic mass is 16.3. The molecular formula is C22H22N2O4. The van der Waals surface area contributed by atoms with Crippen LogP contribution in [0, 0.1) is 12.3 Å². The van der Waals surface area contributed by atoms with Crippen molar-refractivity contribution in [2.75, 3.05) is 6.54 Å². The summed E-state index contributed by atoms with van der Waals surface area (Å²) in [7, 11) is 0. The van der Waals surface area contributed by atoms with Gasteiger partial charge in [-0.25, -0.2) is 0 Å². The molecule has 0 aliphatic carbocycles. The van der Waals surface area contributed by atoms with Gasteiger partial charge in [-0.05, 0) is 32.9 Å². The fourth-order valence-electron chi connectivity index (χ4n) is 2.84. The van der Waals surface area contributed by atoms with Crippen LogP contribution in [-0.2, 0) is 4.79 Å². The number of carbonyl (C=O) groups excluding carboxylic acids is 2. The standard InChI is InChI=1S/C22H22N2O4/c1-13-17(25)15-10-7-11-16(20(26)24-12-22(2,3)21(23)27)19(15)28-18(13)14-8-5-4-6-9-14/h4-11H,12H2,1-3H3,(H2,23,27)(H,24,26). The van der Waals surface area contributed by atoms with E-state index in [0.29, 0.717) is 16.7 Å². The average Bonchev–Trinajstić information content (AvgIpc) is 2.69. The van der Waals surface area contributed by atoms with Crippen LogP contribution in [0.3, 0.4) is 0 Å². The molecule has 0 fully saturated rings. The van der Waals surface area contributed by atoms with E-state index >= 15 is 0 Å². The molecule has 3 aromatic rings. The minimum Gasteiger partial charge on any atom is -0.455 e. The first-order chi connectivity index (χ1) is 13.2. The van der Waals surface area contributed by atoms with E-state index in [1.165, 1.54) is 0 Å². The van der Waals surface area contributed by atoms with Crippen LogP contribution >= 0.6 is 0 Å². The topological polar surface area (TPSA) is 102 Å². The third kappa shape index (κ3) is 3.53. The third-order valence-corrected chi connectivity index (χ3v) is 4.78. The summed E-state index contributed by atoms with van der Waals surface area (Å²) >= 11 is 0. The second-order valence-corrected chi connectivity index (χ2v) is 7.36. The Morgan fingerprint density at radius 3 is 2.39 bits per heavy atom. The second kappa shape index (κ2) is 7.31. The minimum absolute atomic E-state index is 0.0686. The molecule has 0 unspecified atom stereocenters. The van der Waals surface area contributed by atoms with Gasteiger partial charge in [0.1, 0.15) is 5.76 Å². The summed E-state index contributed by atoms with van der Waals surface area (Å²) in [5.74, 6) is -0.527. The molecule has 6 nitrogen and oxygen atoms in total. The molecule has 0 aliphatic rings. The van der Waals surface area contributed by atoms with Crippen molar-refractivity contribution >= 4 is 22.8 Å². The lowest BCUT2D eigenvalue weighted by molar-refractivity contribution is -0.125. The Labute approximate surface area is 162 Å². The Morgan fingerprint density at radius 1 is 1.07 bits per heavy atom. The first kappa shape index (κ1) is 19.4. The summed E-state index contributed by atoms with van der Waals surface area (Å²) in [5.41, 5.74) is 5.95. The largest absolute Gasteiger partial charge is 0.455 e. The van der Waals surface area contributed by atoms with Crippen molar-refractivity contribution in [3.8, 4) is 11.3 Å². The van der Waals surface area contributed by atoms with E-state index in [4.69, 9.17) is 10.2 Å². The fraction of sp³-hybridized carbons (Fsp3) is 0.227. The van der Waals surface area contributed by atoms with Crippen molar-refractivity contribution in [2.24, 2.45) is 11.1 Å². The van der Waals surface area contributed by atoms with Crippen molar-refractivity contribution in [1.29, 1.82) is 0 Å². The quantitative estimate of drug-likeness (QED) is 0.712. The summed E-state index contributed by atoms with van der Waals surface area (Å²) in [6, 6.07) is 14.1. The molecule has 0 spiro atoms. The lowest BCUT2D eigenvalue weighted by Gasteiger charge is -2.20. The lowest BCUT2D eigenvalue weighted by Crippen LogP contribution is -2.42. The van der Waals surface area contributed by atoms with E-state index in [1.54, 1.807) is 39.0 Å². The van der Waals surface area contributed by atoms with Gasteiger partial charge in [-0.3, -0.25) is 14.4 Å². The summed E-state index contributed by atoms with van der Waals surface area (Å²) in [4.78, 5) is 37.1. The second-order valence-electron chi connectivity index (χ2n) is 7.36. The number of hydrogen-bond acceptors (Lipinski definition) is 4. The highest BCUT2D eigenvalue weighted by Gasteiger charge is 2.26. The number of nitrogens with two attached hydrogens (primary N) is 1. The molecule has 0 atom stereocenters. The van der Waals surface area contributed by atoms with Gasteiger partial charge < -0.3 is 15.5 Å². The molecule has 0 saturated heterocycles. The van der Waals surface area contributed by atoms with Gasteiger partial charge in [0.2, 0.25) is 5.91 Å². The molecule has 2 amide bonds. The molecular weight excluding hydrogens is 356 g/mol. The maximum absolute atomic E-state index is 12.9. The van der Waals surface area contributed by atoms with E-state index in [1.807, 2.05) is 30.3 Å². The Kier molecular flexibility index (Phi) is 5.05. The summed E-state index contributed by atoms with van der Waals surface area (Å²) in [5, 5.41) is 3.04. The number of fused-ring (bicyclic) bond motifs is 1. The van der Waals surface area contributed by atoms with Crippen LogP contribution in [0.25, 0.3) is 22.3 Å². The highest BCUT2D eigenvalue weighted by Crippen LogP contribution is 2.27. The summed E-state index contributed by atoms with van der Waals surface area (Å²) in [6.45, 7) is 5.07. The predicted molar refractivity (Wildman–Crippen MR) is 108 cm³/mol. The average molecular weight is 378 g/mol. The number of rotatable bonds is 5. The third-order valence-electron chi connectivity index (χ3n) is 4.78. The monoisotopic (exact) mass is 378 g/mol. The zero-order valence-electron chi connectivity index (χ0n) is 16.0. The van der Waals surface area contributed by atoms with Crippen molar-refractivity contribution < 1.29 is 14.0 Å². The molecule has 0 saturated carbocycles. The molecule has 1 heterocycles. The molecule has 28 heavy (non-hydrogen) atoms. The number of nitrogens with one attached hydrogen (secondary N) is 1. The van der Waals surface area contributed by atoms with E-state index in [2.05, 4.69) is 5.32 Å². The first-order valence-corrected chi connectivity index (χ1v) is 8.92. The normalized spacial score (nSPS) is 11.4. The Morgan fingerprint density at radius 2 is 1.75 bits per heavy atom. The zero-order valence-corrected chi connectivity index (χ0v) is 16.0. The number of amides is 2. The Bertz CT molecular complexity index is 1110. The molecule has 3 N–H and O–H groups in total. The van der Waals surface area contributed by atoms with Gasteiger partial charge in [-0.1, -0.05) is 36.4 Å². The van der Waals surface area contributed by atoms with Crippen molar-refractivity contribution in [3.05, 3.63) is 69.9 Å². The fourth-order valence-corrected chi connectivity index (χ4v) is 2.84. The molecule has 0 aliphatic heterocycles. The lowest BCUT2D eigenvalue weighted by atomic mass is 9.92. The van der Waals surface area contributed by atoms with Crippen LogP contribution in [0.4, 0.5) is 0 Å². The van der Waals surface area contributed by atoms with E-state index < -0.39 is 17.2 Å². The van der Waals surface area contributed by atoms with Crippen LogP contribution in [0.15, 0.2) is 57.7 Å². The molecule has 0 bridgehead atoms. The van der Waals surface area contributed by atoms with Crippen LogP contribution < -0.4 is 16.5 Å². The minimum atomic E-state index is -0.896. The number of carbonyl (C=O) groups is 2. The van der Waals surface area contributed by atoms with Gasteiger partial charge in [-0.2, -0.15) is 0 Å². The Hall–Kier alpha value is -3.41. The van der Waals surface area contributed by atoms with Gasteiger partial charge in [0, 0.05) is 17.7 Å². The smallest absolute Gasteiger partial charge is 0.255 e. The van der Waals surface area contributed by atoms with Crippen molar-refractivity contribution in [3.63, 3.8) is 0 Å². The maximum atomic E-state index is 12.9. The van der Waals surface area contributed by atoms with E-state index in [0.717, 1.165) is 5.56 Å². The zero-order chi connectivity index (χ0) is 20.5. The van der Waals surface area contributed by atoms with Gasteiger partial charge >= 0.3 is 0 Å². The maximum Gasteiger partial charge on any atom is 0.255 e. The van der Waals surface area contributed by atoms with Crippen LogP contribution in [-0.4, -0.2) is 18.4 Å². The molecule has 6 heteroatoms. The van der Waals surface area contributed by atoms with Gasteiger partial charge in [0.25, 0.3) is 5.91 Å². The van der Waals surface area contributed by atoms with Crippen LogP contribution in [0.1, 0.15) is 29.8 Å². The number of hydrogen-bond donors (Lipinski definition) is 2. The first-order valence-electron chi connectivity index (χ1n) is 8.92. The summed E-state index contributed by atoms with van der Waals surface area (Å²) in [6.07, 6.45) is 0. The molecule has 3 rings (SSSR count). The number of benzene rings is 2. The van der Waals surface area contributed by atoms with Gasteiger partial charge in [0.15, 0.2) is 11.0 Å². The SMILES string of the molecule is Cc1c(-c2ccccc2)oc2c(C(=O)NCC(C)(C)C(N)=O)cccc2c1=O. The highest BCUT2D eigenvalue weighted by molar-refractivity contribution is 6.05. The Balaban J connectivity index is 2.09. The molecule has 0 radical (unpaired) electrons. The predicted octanol–water partition coefficient (Wildman–Crippen LogP) is 3.01. The van der Waals surface area contributed by atoms with Crippen LogP contribution in [0.2, 0.25) is 0 Å². The van der Waals surface area contributed by atoms with Crippen molar-refractivity contribution in [2.45, 2.75) is 20.8 Å². The van der Waals surface area contributed by atoms with E-state index in [9.17, 15) is 14.4 Å². The number of para-hydroxylation sites is 1. The van der Waals surface area contributed by atoms with Gasteiger partial charge in [-0.15, -0.1) is 0 Å². The molecule has 1 aromatic heterocycles. The van der Waals surface area contributed by atoms with Gasteiger partial charge in [0.05, 0.1) is 16.4 Å². The number of primary amides is 1. The van der Waals surface area contributed by atoms with Crippen molar-refractivity contribution in [1.82, 2.24) is 5.32 Å². The molecule has 144 valence electrons. The van der Waals surface area contributed by atoms with Crippen LogP contribution in [0.5, 0.6) is 0 Å². The summed E-state index contributed by atoms with van der Waals surface area (Å²) < 4.78 is 6.04.